The number of H-pyrrole nitrogens is 1. The van der Waals surface area contributed by atoms with Gasteiger partial charge in [0.05, 0.1) is 25.2 Å². The Hall–Kier alpha value is -1.88. The van der Waals surface area contributed by atoms with Gasteiger partial charge in [0, 0.05) is 10.9 Å². The zero-order valence-electron chi connectivity index (χ0n) is 12.8. The molecule has 0 radical (unpaired) electrons. The van der Waals surface area contributed by atoms with Crippen molar-refractivity contribution in [2.24, 2.45) is 5.92 Å². The lowest BCUT2D eigenvalue weighted by atomic mass is 10.0. The van der Waals surface area contributed by atoms with Gasteiger partial charge in [-0.1, -0.05) is 13.0 Å². The summed E-state index contributed by atoms with van der Waals surface area (Å²) in [5, 5.41) is 4.96. The molecule has 116 valence electrons. The van der Waals surface area contributed by atoms with Crippen LogP contribution in [0.4, 0.5) is 5.82 Å². The molecule has 1 aliphatic heterocycles. The van der Waals surface area contributed by atoms with Gasteiger partial charge in [0.25, 0.3) is 11.7 Å². The molecular weight excluding hydrogens is 294 g/mol. The summed E-state index contributed by atoms with van der Waals surface area (Å²) < 4.78 is 0. The van der Waals surface area contributed by atoms with Gasteiger partial charge < -0.3 is 5.32 Å². The molecule has 2 aromatic heterocycles. The SMILES string of the molecule is C[C@H]1CCCN(c2ccc(C(=O)NCc3cccs3)c[nH+]2)C1. The molecule has 1 aliphatic rings. The van der Waals surface area contributed by atoms with Gasteiger partial charge in [-0.3, -0.25) is 9.69 Å². The van der Waals surface area contributed by atoms with Crippen LogP contribution >= 0.6 is 11.3 Å². The molecule has 1 fully saturated rings. The minimum absolute atomic E-state index is 0.0387. The van der Waals surface area contributed by atoms with E-state index in [-0.39, 0.29) is 5.91 Å². The Morgan fingerprint density at radius 1 is 1.45 bits per heavy atom. The fourth-order valence-corrected chi connectivity index (χ4v) is 3.49. The maximum Gasteiger partial charge on any atom is 0.274 e. The Bertz CT molecular complexity index is 609. The van der Waals surface area contributed by atoms with Crippen LogP contribution in [0, 0.1) is 5.92 Å². The van der Waals surface area contributed by atoms with E-state index in [0.29, 0.717) is 12.1 Å². The van der Waals surface area contributed by atoms with E-state index < -0.39 is 0 Å². The Morgan fingerprint density at radius 3 is 3.05 bits per heavy atom. The van der Waals surface area contributed by atoms with Gasteiger partial charge in [-0.25, -0.2) is 4.98 Å². The van der Waals surface area contributed by atoms with Crippen LogP contribution in [0.5, 0.6) is 0 Å². The molecule has 0 saturated carbocycles. The van der Waals surface area contributed by atoms with Crippen LogP contribution in [-0.2, 0) is 6.54 Å². The Labute approximate surface area is 135 Å². The molecule has 0 spiro atoms. The van der Waals surface area contributed by atoms with Gasteiger partial charge in [-0.15, -0.1) is 11.3 Å². The summed E-state index contributed by atoms with van der Waals surface area (Å²) in [5.41, 5.74) is 0.672. The number of pyridine rings is 1. The number of thiophene rings is 1. The van der Waals surface area contributed by atoms with Gasteiger partial charge in [0.1, 0.15) is 6.20 Å². The lowest BCUT2D eigenvalue weighted by Crippen LogP contribution is -2.38. The highest BCUT2D eigenvalue weighted by Crippen LogP contribution is 2.19. The number of aromatic amines is 1. The van der Waals surface area contributed by atoms with E-state index in [9.17, 15) is 4.79 Å². The second-order valence-corrected chi connectivity index (χ2v) is 6.95. The summed E-state index contributed by atoms with van der Waals surface area (Å²) in [7, 11) is 0. The number of carbonyl (C=O) groups excluding carboxylic acids is 1. The quantitative estimate of drug-likeness (QED) is 0.943. The van der Waals surface area contributed by atoms with Crippen LogP contribution in [0.1, 0.15) is 35.0 Å². The van der Waals surface area contributed by atoms with Crippen molar-refractivity contribution in [3.63, 3.8) is 0 Å². The first kappa shape index (κ1) is 15.0. The van der Waals surface area contributed by atoms with Crippen molar-refractivity contribution in [2.45, 2.75) is 26.3 Å². The Kier molecular flexibility index (Phi) is 4.73. The van der Waals surface area contributed by atoms with E-state index in [1.807, 2.05) is 29.6 Å². The number of amides is 1. The summed E-state index contributed by atoms with van der Waals surface area (Å²) in [6, 6.07) is 7.93. The molecule has 0 bridgehead atoms. The van der Waals surface area contributed by atoms with Crippen LogP contribution in [0.2, 0.25) is 0 Å². The smallest absolute Gasteiger partial charge is 0.274 e. The largest absolute Gasteiger partial charge is 0.347 e. The summed E-state index contributed by atoms with van der Waals surface area (Å²) >= 11 is 1.65. The van der Waals surface area contributed by atoms with Crippen molar-refractivity contribution >= 4 is 23.1 Å². The second-order valence-electron chi connectivity index (χ2n) is 5.92. The molecule has 0 aromatic carbocycles. The Morgan fingerprint density at radius 2 is 2.36 bits per heavy atom. The third kappa shape index (κ3) is 3.65. The number of anilines is 1. The van der Waals surface area contributed by atoms with Gasteiger partial charge in [-0.2, -0.15) is 0 Å². The number of nitrogens with zero attached hydrogens (tertiary/aromatic N) is 1. The lowest BCUT2D eigenvalue weighted by molar-refractivity contribution is -0.364. The van der Waals surface area contributed by atoms with Gasteiger partial charge in [-0.05, 0) is 36.3 Å². The number of aromatic nitrogens is 1. The molecule has 22 heavy (non-hydrogen) atoms. The fraction of sp³-hybridized carbons (Fsp3) is 0.412. The molecule has 4 nitrogen and oxygen atoms in total. The van der Waals surface area contributed by atoms with Crippen molar-refractivity contribution in [2.75, 3.05) is 18.0 Å². The molecule has 1 amide bonds. The maximum absolute atomic E-state index is 12.1. The average Bonchev–Trinajstić information content (AvgIpc) is 3.06. The molecular formula is C17H22N3OS+. The third-order valence-electron chi connectivity index (χ3n) is 4.06. The number of hydrogen-bond donors (Lipinski definition) is 1. The van der Waals surface area contributed by atoms with Gasteiger partial charge >= 0.3 is 0 Å². The monoisotopic (exact) mass is 316 g/mol. The third-order valence-corrected chi connectivity index (χ3v) is 4.94. The normalized spacial score (nSPS) is 18.2. The second kappa shape index (κ2) is 6.92. The van der Waals surface area contributed by atoms with Crippen molar-refractivity contribution < 1.29 is 9.78 Å². The molecule has 1 atom stereocenters. The molecule has 3 rings (SSSR count). The van der Waals surface area contributed by atoms with E-state index in [0.717, 1.165) is 29.7 Å². The first-order valence-corrected chi connectivity index (χ1v) is 8.67. The Balaban J connectivity index is 1.59. The molecule has 2 N–H and O–H groups in total. The summed E-state index contributed by atoms with van der Waals surface area (Å²) in [4.78, 5) is 18.9. The molecule has 5 heteroatoms. The predicted octanol–water partition coefficient (Wildman–Crippen LogP) is 2.73. The molecule has 2 aromatic rings. The number of piperidine rings is 1. The van der Waals surface area contributed by atoms with Crippen molar-refractivity contribution in [1.82, 2.24) is 5.32 Å². The summed E-state index contributed by atoms with van der Waals surface area (Å²) in [5.74, 6) is 1.79. The minimum atomic E-state index is -0.0387. The minimum Gasteiger partial charge on any atom is -0.347 e. The first-order chi connectivity index (χ1) is 10.7. The van der Waals surface area contributed by atoms with E-state index in [4.69, 9.17) is 0 Å². The van der Waals surface area contributed by atoms with Crippen LogP contribution in [0.15, 0.2) is 35.8 Å². The van der Waals surface area contributed by atoms with E-state index in [1.165, 1.54) is 12.8 Å². The first-order valence-electron chi connectivity index (χ1n) is 7.79. The zero-order valence-corrected chi connectivity index (χ0v) is 13.7. The number of carbonyl (C=O) groups is 1. The molecule has 3 heterocycles. The maximum atomic E-state index is 12.1. The number of rotatable bonds is 4. The fourth-order valence-electron chi connectivity index (χ4n) is 2.85. The summed E-state index contributed by atoms with van der Waals surface area (Å²) in [6.07, 6.45) is 4.34. The van der Waals surface area contributed by atoms with Crippen molar-refractivity contribution in [3.8, 4) is 0 Å². The highest BCUT2D eigenvalue weighted by atomic mass is 32.1. The van der Waals surface area contributed by atoms with Crippen LogP contribution in [0.3, 0.4) is 0 Å². The van der Waals surface area contributed by atoms with Crippen molar-refractivity contribution in [3.05, 3.63) is 46.3 Å². The molecule has 1 saturated heterocycles. The van der Waals surface area contributed by atoms with E-state index in [2.05, 4.69) is 22.1 Å². The zero-order chi connectivity index (χ0) is 15.4. The number of hydrogen-bond acceptors (Lipinski definition) is 3. The summed E-state index contributed by atoms with van der Waals surface area (Å²) in [6.45, 7) is 5.05. The highest BCUT2D eigenvalue weighted by Gasteiger charge is 2.23. The lowest BCUT2D eigenvalue weighted by Gasteiger charge is -2.25. The predicted molar refractivity (Wildman–Crippen MR) is 89.1 cm³/mol. The van der Waals surface area contributed by atoms with Gasteiger partial charge in [0.15, 0.2) is 0 Å². The van der Waals surface area contributed by atoms with Crippen LogP contribution in [0.25, 0.3) is 0 Å². The van der Waals surface area contributed by atoms with E-state index in [1.54, 1.807) is 17.5 Å². The number of nitrogens with one attached hydrogen (secondary N) is 2. The topological polar surface area (TPSA) is 46.5 Å². The highest BCUT2D eigenvalue weighted by molar-refractivity contribution is 7.09. The standard InChI is InChI=1S/C17H21N3OS/c1-13-4-2-8-20(12-13)16-7-6-14(10-18-16)17(21)19-11-15-5-3-9-22-15/h3,5-7,9-10,13H,2,4,8,11-12H2,1H3,(H,19,21)/p+1/t13-/m0/s1. The van der Waals surface area contributed by atoms with E-state index >= 15 is 0 Å². The average molecular weight is 316 g/mol. The van der Waals surface area contributed by atoms with Crippen LogP contribution in [-0.4, -0.2) is 19.0 Å². The van der Waals surface area contributed by atoms with Gasteiger partial charge in [0.2, 0.25) is 0 Å². The van der Waals surface area contributed by atoms with Crippen molar-refractivity contribution in [1.29, 1.82) is 0 Å². The molecule has 0 unspecified atom stereocenters. The molecule has 0 aliphatic carbocycles. The van der Waals surface area contributed by atoms with Crippen LogP contribution < -0.4 is 15.2 Å².